The van der Waals surface area contributed by atoms with Crippen molar-refractivity contribution in [3.8, 4) is 0 Å². The van der Waals surface area contributed by atoms with Crippen LogP contribution < -0.4 is 5.32 Å². The van der Waals surface area contributed by atoms with Crippen molar-refractivity contribution in [1.82, 2.24) is 15.3 Å². The average molecular weight is 252 g/mol. The maximum absolute atomic E-state index is 6.03. The smallest absolute Gasteiger partial charge is 0.188 e. The van der Waals surface area contributed by atoms with E-state index in [4.69, 9.17) is 11.6 Å². The topological polar surface area (TPSA) is 37.8 Å². The summed E-state index contributed by atoms with van der Waals surface area (Å²) in [6.45, 7) is 1.78. The molecule has 1 aliphatic rings. The minimum absolute atomic E-state index is 0. The SMILES string of the molecule is CSc1nc(Cl)c2c(n1)CNCC2.Cl. The molecule has 1 aliphatic heterocycles. The number of hydrogen-bond acceptors (Lipinski definition) is 4. The Balaban J connectivity index is 0.000000980. The highest BCUT2D eigenvalue weighted by molar-refractivity contribution is 7.98. The summed E-state index contributed by atoms with van der Waals surface area (Å²) in [6, 6.07) is 0. The fourth-order valence-corrected chi connectivity index (χ4v) is 2.10. The average Bonchev–Trinajstić information content (AvgIpc) is 2.18. The van der Waals surface area contributed by atoms with E-state index < -0.39 is 0 Å². The zero-order valence-electron chi connectivity index (χ0n) is 7.71. The van der Waals surface area contributed by atoms with Gasteiger partial charge in [-0.2, -0.15) is 0 Å². The van der Waals surface area contributed by atoms with Gasteiger partial charge in [-0.1, -0.05) is 23.4 Å². The van der Waals surface area contributed by atoms with Gasteiger partial charge in [-0.15, -0.1) is 12.4 Å². The zero-order valence-corrected chi connectivity index (χ0v) is 10.1. The first-order valence-corrected chi connectivity index (χ1v) is 5.71. The van der Waals surface area contributed by atoms with Crippen LogP contribution in [0.2, 0.25) is 5.15 Å². The van der Waals surface area contributed by atoms with Gasteiger partial charge in [0.05, 0.1) is 5.69 Å². The number of nitrogens with zero attached hydrogens (tertiary/aromatic N) is 2. The van der Waals surface area contributed by atoms with Crippen LogP contribution in [0.5, 0.6) is 0 Å². The summed E-state index contributed by atoms with van der Waals surface area (Å²) in [7, 11) is 0. The molecule has 3 nitrogen and oxygen atoms in total. The van der Waals surface area contributed by atoms with E-state index in [1.807, 2.05) is 6.26 Å². The van der Waals surface area contributed by atoms with Crippen molar-refractivity contribution in [1.29, 1.82) is 0 Å². The minimum atomic E-state index is 0. The van der Waals surface area contributed by atoms with E-state index in [9.17, 15) is 0 Å². The van der Waals surface area contributed by atoms with E-state index in [0.717, 1.165) is 35.9 Å². The molecule has 14 heavy (non-hydrogen) atoms. The van der Waals surface area contributed by atoms with Crippen LogP contribution >= 0.6 is 35.8 Å². The fraction of sp³-hybridized carbons (Fsp3) is 0.500. The van der Waals surface area contributed by atoms with Gasteiger partial charge < -0.3 is 5.32 Å². The summed E-state index contributed by atoms with van der Waals surface area (Å²) >= 11 is 7.56. The van der Waals surface area contributed by atoms with Gasteiger partial charge in [-0.3, -0.25) is 0 Å². The maximum Gasteiger partial charge on any atom is 0.188 e. The van der Waals surface area contributed by atoms with Crippen molar-refractivity contribution in [2.24, 2.45) is 0 Å². The lowest BCUT2D eigenvalue weighted by atomic mass is 10.1. The van der Waals surface area contributed by atoms with E-state index in [1.165, 1.54) is 11.8 Å². The summed E-state index contributed by atoms with van der Waals surface area (Å²) in [6.07, 6.45) is 2.89. The molecule has 2 rings (SSSR count). The molecule has 0 aromatic carbocycles. The first-order chi connectivity index (χ1) is 6.31. The molecule has 0 unspecified atom stereocenters. The molecule has 0 bridgehead atoms. The van der Waals surface area contributed by atoms with Gasteiger partial charge in [-0.05, 0) is 19.2 Å². The number of nitrogens with one attached hydrogen (secondary N) is 1. The number of thioether (sulfide) groups is 1. The van der Waals surface area contributed by atoms with Gasteiger partial charge in [0.15, 0.2) is 5.16 Å². The predicted octanol–water partition coefficient (Wildman–Crippen LogP) is 1.92. The zero-order chi connectivity index (χ0) is 9.26. The Kier molecular flexibility index (Phi) is 4.44. The van der Waals surface area contributed by atoms with Crippen molar-refractivity contribution in [3.63, 3.8) is 0 Å². The molecule has 0 radical (unpaired) electrons. The van der Waals surface area contributed by atoms with Crippen LogP contribution in [-0.2, 0) is 13.0 Å². The van der Waals surface area contributed by atoms with Gasteiger partial charge in [-0.25, -0.2) is 9.97 Å². The van der Waals surface area contributed by atoms with Crippen LogP contribution in [0, 0.1) is 0 Å². The number of fused-ring (bicyclic) bond motifs is 1. The number of aromatic nitrogens is 2. The normalized spacial score (nSPS) is 14.4. The summed E-state index contributed by atoms with van der Waals surface area (Å²) in [5.41, 5.74) is 2.16. The van der Waals surface area contributed by atoms with Gasteiger partial charge in [0, 0.05) is 12.1 Å². The molecule has 0 saturated heterocycles. The Morgan fingerprint density at radius 1 is 1.43 bits per heavy atom. The van der Waals surface area contributed by atoms with Crippen LogP contribution in [0.1, 0.15) is 11.3 Å². The van der Waals surface area contributed by atoms with Crippen molar-refractivity contribution >= 4 is 35.8 Å². The molecule has 0 atom stereocenters. The molecule has 1 aromatic heterocycles. The standard InChI is InChI=1S/C8H10ClN3S.ClH/c1-13-8-11-6-4-10-3-2-5(6)7(9)12-8;/h10H,2-4H2,1H3;1H. The van der Waals surface area contributed by atoms with Crippen LogP contribution in [0.4, 0.5) is 0 Å². The van der Waals surface area contributed by atoms with Gasteiger partial charge in [0.25, 0.3) is 0 Å². The number of rotatable bonds is 1. The highest BCUT2D eigenvalue weighted by Crippen LogP contribution is 2.22. The molecule has 1 aromatic rings. The third-order valence-corrected chi connectivity index (χ3v) is 2.91. The van der Waals surface area contributed by atoms with Crippen molar-refractivity contribution in [2.75, 3.05) is 12.8 Å². The summed E-state index contributed by atoms with van der Waals surface area (Å²) in [4.78, 5) is 8.59. The van der Waals surface area contributed by atoms with Crippen molar-refractivity contribution in [3.05, 3.63) is 16.4 Å². The van der Waals surface area contributed by atoms with Gasteiger partial charge in [0.2, 0.25) is 0 Å². The molecule has 6 heteroatoms. The lowest BCUT2D eigenvalue weighted by Gasteiger charge is -2.16. The quantitative estimate of drug-likeness (QED) is 0.470. The fourth-order valence-electron chi connectivity index (χ4n) is 1.38. The molecule has 2 heterocycles. The molecular formula is C8H11Cl2N3S. The van der Waals surface area contributed by atoms with E-state index in [2.05, 4.69) is 15.3 Å². The molecular weight excluding hydrogens is 241 g/mol. The Morgan fingerprint density at radius 3 is 2.93 bits per heavy atom. The van der Waals surface area contributed by atoms with Crippen molar-refractivity contribution in [2.45, 2.75) is 18.1 Å². The third-order valence-electron chi connectivity index (χ3n) is 2.05. The van der Waals surface area contributed by atoms with Crippen molar-refractivity contribution < 1.29 is 0 Å². The number of halogens is 2. The largest absolute Gasteiger partial charge is 0.311 e. The summed E-state index contributed by atoms with van der Waals surface area (Å²) in [5.74, 6) is 0. The van der Waals surface area contributed by atoms with E-state index in [0.29, 0.717) is 5.15 Å². The van der Waals surface area contributed by atoms with Crippen LogP contribution in [0.3, 0.4) is 0 Å². The third kappa shape index (κ3) is 2.31. The van der Waals surface area contributed by atoms with E-state index in [-0.39, 0.29) is 12.4 Å². The second-order valence-corrected chi connectivity index (χ2v) is 3.98. The highest BCUT2D eigenvalue weighted by atomic mass is 35.5. The molecule has 0 amide bonds. The minimum Gasteiger partial charge on any atom is -0.311 e. The van der Waals surface area contributed by atoms with Crippen LogP contribution in [0.25, 0.3) is 0 Å². The summed E-state index contributed by atoms with van der Waals surface area (Å²) < 4.78 is 0. The maximum atomic E-state index is 6.03. The Labute approximate surface area is 98.5 Å². The predicted molar refractivity (Wildman–Crippen MR) is 61.5 cm³/mol. The molecule has 78 valence electrons. The highest BCUT2D eigenvalue weighted by Gasteiger charge is 2.15. The molecule has 0 spiro atoms. The second-order valence-electron chi connectivity index (χ2n) is 2.85. The van der Waals surface area contributed by atoms with Crippen LogP contribution in [-0.4, -0.2) is 22.8 Å². The molecule has 0 aliphatic carbocycles. The summed E-state index contributed by atoms with van der Waals surface area (Å²) in [5, 5.41) is 4.64. The Hall–Kier alpha value is -0.0300. The lowest BCUT2D eigenvalue weighted by molar-refractivity contribution is 0.613. The Morgan fingerprint density at radius 2 is 2.21 bits per heavy atom. The Bertz CT molecular complexity index is 333. The van der Waals surface area contributed by atoms with E-state index >= 15 is 0 Å². The molecule has 0 saturated carbocycles. The molecule has 0 fully saturated rings. The van der Waals surface area contributed by atoms with Gasteiger partial charge in [0.1, 0.15) is 5.15 Å². The van der Waals surface area contributed by atoms with E-state index in [1.54, 1.807) is 0 Å². The van der Waals surface area contributed by atoms with Gasteiger partial charge >= 0.3 is 0 Å². The van der Waals surface area contributed by atoms with Crippen LogP contribution in [0.15, 0.2) is 5.16 Å². The second kappa shape index (κ2) is 5.16. The number of hydrogen-bond donors (Lipinski definition) is 1. The lowest BCUT2D eigenvalue weighted by Crippen LogP contribution is -2.25. The monoisotopic (exact) mass is 251 g/mol. The first-order valence-electron chi connectivity index (χ1n) is 4.11. The molecule has 1 N–H and O–H groups in total. The first kappa shape index (κ1) is 12.0.